The Morgan fingerprint density at radius 2 is 2.19 bits per heavy atom. The van der Waals surface area contributed by atoms with Crippen LogP contribution >= 0.6 is 23.1 Å². The summed E-state index contributed by atoms with van der Waals surface area (Å²) >= 11 is 2.82. The van der Waals surface area contributed by atoms with Crippen molar-refractivity contribution in [3.05, 3.63) is 35.6 Å². The van der Waals surface area contributed by atoms with E-state index in [0.717, 1.165) is 17.2 Å². The van der Waals surface area contributed by atoms with E-state index >= 15 is 0 Å². The molecule has 0 saturated heterocycles. The monoisotopic (exact) mass is 323 g/mol. The fraction of sp³-hybridized carbons (Fsp3) is 0.357. The van der Waals surface area contributed by atoms with Crippen LogP contribution in [0, 0.1) is 5.82 Å². The van der Waals surface area contributed by atoms with E-state index in [1.807, 2.05) is 6.07 Å². The minimum atomic E-state index is -0.210. The van der Waals surface area contributed by atoms with Gasteiger partial charge in [0.05, 0.1) is 0 Å². The van der Waals surface area contributed by atoms with Gasteiger partial charge in [0.25, 0.3) is 0 Å². The molecule has 0 aliphatic heterocycles. The highest BCUT2D eigenvalue weighted by atomic mass is 32.2. The number of aromatic nitrogens is 2. The zero-order chi connectivity index (χ0) is 14.8. The van der Waals surface area contributed by atoms with Gasteiger partial charge in [0, 0.05) is 18.7 Å². The van der Waals surface area contributed by atoms with Crippen molar-refractivity contribution in [3.63, 3.8) is 0 Å². The van der Waals surface area contributed by atoms with Gasteiger partial charge < -0.3 is 0 Å². The van der Waals surface area contributed by atoms with E-state index in [4.69, 9.17) is 0 Å². The summed E-state index contributed by atoms with van der Waals surface area (Å²) in [5.74, 6) is 0.294. The molecule has 4 nitrogen and oxygen atoms in total. The van der Waals surface area contributed by atoms with Crippen molar-refractivity contribution in [1.82, 2.24) is 10.2 Å². The summed E-state index contributed by atoms with van der Waals surface area (Å²) in [6.07, 6.45) is 2.05. The number of hydrogen-bond acceptors (Lipinski definition) is 5. The molecule has 1 aromatic carbocycles. The molecular formula is C14H14FN3OS2. The number of hydrogen-bond donors (Lipinski definition) is 0. The Labute approximate surface area is 130 Å². The molecule has 0 N–H and O–H groups in total. The lowest BCUT2D eigenvalue weighted by atomic mass is 10.2. The second kappa shape index (κ2) is 6.11. The lowest BCUT2D eigenvalue weighted by molar-refractivity contribution is -0.116. The van der Waals surface area contributed by atoms with Crippen LogP contribution in [0.3, 0.4) is 0 Å². The van der Waals surface area contributed by atoms with Crippen LogP contribution in [0.25, 0.3) is 0 Å². The van der Waals surface area contributed by atoms with Crippen LogP contribution in [-0.2, 0) is 10.5 Å². The maximum absolute atomic E-state index is 13.5. The van der Waals surface area contributed by atoms with Crippen LogP contribution in [0.1, 0.15) is 25.3 Å². The SMILES string of the molecule is CC(=O)N(c1nnc(SCc2ccccc2F)s1)C1CC1. The van der Waals surface area contributed by atoms with Crippen LogP contribution in [-0.4, -0.2) is 22.1 Å². The summed E-state index contributed by atoms with van der Waals surface area (Å²) in [5.41, 5.74) is 0.643. The second-order valence-corrected chi connectivity index (χ2v) is 7.03. The summed E-state index contributed by atoms with van der Waals surface area (Å²) in [7, 11) is 0. The first-order valence-corrected chi connectivity index (χ1v) is 8.45. The lowest BCUT2D eigenvalue weighted by Crippen LogP contribution is -2.30. The lowest BCUT2D eigenvalue weighted by Gasteiger charge is -2.15. The van der Waals surface area contributed by atoms with Gasteiger partial charge in [-0.25, -0.2) is 4.39 Å². The predicted octanol–water partition coefficient (Wildman–Crippen LogP) is 3.48. The molecule has 1 amide bonds. The third-order valence-corrected chi connectivity index (χ3v) is 5.27. The molecule has 0 spiro atoms. The quantitative estimate of drug-likeness (QED) is 0.624. The van der Waals surface area contributed by atoms with Crippen molar-refractivity contribution in [2.45, 2.75) is 35.9 Å². The third-order valence-electron chi connectivity index (χ3n) is 3.16. The van der Waals surface area contributed by atoms with E-state index in [1.165, 1.54) is 29.2 Å². The maximum Gasteiger partial charge on any atom is 0.225 e. The molecule has 0 bridgehead atoms. The average Bonchev–Trinajstić information content (AvgIpc) is 3.16. The van der Waals surface area contributed by atoms with Gasteiger partial charge in [-0.3, -0.25) is 9.69 Å². The number of nitrogens with zero attached hydrogens (tertiary/aromatic N) is 3. The highest BCUT2D eigenvalue weighted by Crippen LogP contribution is 2.36. The smallest absolute Gasteiger partial charge is 0.225 e. The van der Waals surface area contributed by atoms with E-state index in [2.05, 4.69) is 10.2 Å². The number of carbonyl (C=O) groups is 1. The molecular weight excluding hydrogens is 309 g/mol. The molecule has 0 atom stereocenters. The van der Waals surface area contributed by atoms with Crippen molar-refractivity contribution < 1.29 is 9.18 Å². The fourth-order valence-corrected chi connectivity index (χ4v) is 3.94. The molecule has 0 radical (unpaired) electrons. The number of halogens is 1. The Bertz CT molecular complexity index is 657. The van der Waals surface area contributed by atoms with Crippen LogP contribution in [0.5, 0.6) is 0 Å². The van der Waals surface area contributed by atoms with E-state index in [-0.39, 0.29) is 17.8 Å². The molecule has 1 heterocycles. The number of anilines is 1. The van der Waals surface area contributed by atoms with Crippen LogP contribution in [0.4, 0.5) is 9.52 Å². The topological polar surface area (TPSA) is 46.1 Å². The highest BCUT2D eigenvalue weighted by Gasteiger charge is 2.34. The standard InChI is InChI=1S/C14H14FN3OS2/c1-9(19)18(11-6-7-11)13-16-17-14(21-13)20-8-10-4-2-3-5-12(10)15/h2-5,11H,6-8H2,1H3. The van der Waals surface area contributed by atoms with Crippen molar-refractivity contribution in [1.29, 1.82) is 0 Å². The normalized spacial score (nSPS) is 14.2. The maximum atomic E-state index is 13.5. The molecule has 1 aliphatic rings. The zero-order valence-electron chi connectivity index (χ0n) is 11.5. The number of carbonyl (C=O) groups excluding carboxylic acids is 1. The van der Waals surface area contributed by atoms with Gasteiger partial charge in [0.15, 0.2) is 4.34 Å². The van der Waals surface area contributed by atoms with Crippen molar-refractivity contribution in [2.24, 2.45) is 0 Å². The van der Waals surface area contributed by atoms with E-state index in [9.17, 15) is 9.18 Å². The molecule has 1 saturated carbocycles. The van der Waals surface area contributed by atoms with Gasteiger partial charge in [0.2, 0.25) is 11.0 Å². The van der Waals surface area contributed by atoms with Gasteiger partial charge in [-0.05, 0) is 24.5 Å². The Kier molecular flexibility index (Phi) is 4.21. The summed E-state index contributed by atoms with van der Waals surface area (Å²) < 4.78 is 14.3. The van der Waals surface area contributed by atoms with E-state index in [1.54, 1.807) is 24.0 Å². The van der Waals surface area contributed by atoms with E-state index < -0.39 is 0 Å². The molecule has 7 heteroatoms. The van der Waals surface area contributed by atoms with Gasteiger partial charge in [0.1, 0.15) is 5.82 Å². The first-order valence-electron chi connectivity index (χ1n) is 6.64. The fourth-order valence-electron chi connectivity index (χ4n) is 1.99. The Morgan fingerprint density at radius 3 is 2.86 bits per heavy atom. The summed E-state index contributed by atoms with van der Waals surface area (Å²) in [6, 6.07) is 6.98. The minimum Gasteiger partial charge on any atom is -0.284 e. The molecule has 1 fully saturated rings. The predicted molar refractivity (Wildman–Crippen MR) is 82.1 cm³/mol. The minimum absolute atomic E-state index is 0.000645. The zero-order valence-corrected chi connectivity index (χ0v) is 13.1. The van der Waals surface area contributed by atoms with Gasteiger partial charge in [-0.1, -0.05) is 41.3 Å². The largest absolute Gasteiger partial charge is 0.284 e. The van der Waals surface area contributed by atoms with Gasteiger partial charge >= 0.3 is 0 Å². The molecule has 3 rings (SSSR count). The Balaban J connectivity index is 1.68. The molecule has 21 heavy (non-hydrogen) atoms. The number of thioether (sulfide) groups is 1. The number of benzene rings is 1. The van der Waals surface area contributed by atoms with Crippen LogP contribution in [0.2, 0.25) is 0 Å². The van der Waals surface area contributed by atoms with Crippen molar-refractivity contribution in [2.75, 3.05) is 4.90 Å². The molecule has 1 aromatic heterocycles. The van der Waals surface area contributed by atoms with Crippen molar-refractivity contribution in [3.8, 4) is 0 Å². The van der Waals surface area contributed by atoms with Gasteiger partial charge in [-0.2, -0.15) is 0 Å². The summed E-state index contributed by atoms with van der Waals surface area (Å²) in [5, 5.41) is 8.82. The van der Waals surface area contributed by atoms with Gasteiger partial charge in [-0.15, -0.1) is 10.2 Å². The van der Waals surface area contributed by atoms with Crippen LogP contribution in [0.15, 0.2) is 28.6 Å². The van der Waals surface area contributed by atoms with Crippen molar-refractivity contribution >= 4 is 34.1 Å². The summed E-state index contributed by atoms with van der Waals surface area (Å²) in [4.78, 5) is 13.4. The molecule has 0 unspecified atom stereocenters. The average molecular weight is 323 g/mol. The number of rotatable bonds is 5. The van der Waals surface area contributed by atoms with Crippen LogP contribution < -0.4 is 4.90 Å². The molecule has 110 valence electrons. The highest BCUT2D eigenvalue weighted by molar-refractivity contribution is 8.00. The van der Waals surface area contributed by atoms with E-state index in [0.29, 0.717) is 16.4 Å². The Hall–Kier alpha value is -1.47. The first kappa shape index (κ1) is 14.5. The molecule has 1 aliphatic carbocycles. The third kappa shape index (κ3) is 3.41. The Morgan fingerprint density at radius 1 is 1.43 bits per heavy atom. The number of amides is 1. The second-order valence-electron chi connectivity index (χ2n) is 4.85. The summed E-state index contributed by atoms with van der Waals surface area (Å²) in [6.45, 7) is 1.55. The molecule has 2 aromatic rings. The first-order chi connectivity index (χ1) is 10.1.